The monoisotopic (exact) mass is 250 g/mol. The van der Waals surface area contributed by atoms with Crippen LogP contribution in [0.15, 0.2) is 12.2 Å². The number of fused-ring (bicyclic) bond motifs is 5. The molecule has 3 aliphatic carbocycles. The van der Waals surface area contributed by atoms with Crippen molar-refractivity contribution in [2.45, 2.75) is 19.3 Å². The zero-order valence-electron chi connectivity index (χ0n) is 10.4. The smallest absolute Gasteiger partial charge is 0.309 e. The fourth-order valence-electron chi connectivity index (χ4n) is 4.66. The van der Waals surface area contributed by atoms with Gasteiger partial charge in [-0.1, -0.05) is 12.2 Å². The maximum Gasteiger partial charge on any atom is 0.309 e. The van der Waals surface area contributed by atoms with Crippen LogP contribution in [-0.2, 0) is 14.3 Å². The molecule has 98 valence electrons. The molecule has 6 atom stereocenters. The van der Waals surface area contributed by atoms with E-state index in [9.17, 15) is 14.7 Å². The second-order valence-electron chi connectivity index (χ2n) is 5.75. The molecule has 1 N–H and O–H groups in total. The largest absolute Gasteiger partial charge is 0.481 e. The summed E-state index contributed by atoms with van der Waals surface area (Å²) in [6.07, 6.45) is 7.18. The molecule has 0 aromatic heterocycles. The molecule has 18 heavy (non-hydrogen) atoms. The molecule has 4 nitrogen and oxygen atoms in total. The van der Waals surface area contributed by atoms with E-state index in [0.29, 0.717) is 11.8 Å². The third-order valence-corrected chi connectivity index (χ3v) is 5.25. The zero-order valence-corrected chi connectivity index (χ0v) is 10.4. The van der Waals surface area contributed by atoms with Crippen LogP contribution in [0.2, 0.25) is 0 Å². The minimum absolute atomic E-state index is 0.159. The molecule has 3 rings (SSSR count). The summed E-state index contributed by atoms with van der Waals surface area (Å²) < 4.78 is 4.83. The van der Waals surface area contributed by atoms with E-state index in [-0.39, 0.29) is 17.8 Å². The third-order valence-electron chi connectivity index (χ3n) is 5.25. The summed E-state index contributed by atoms with van der Waals surface area (Å²) in [5, 5.41) is 9.41. The standard InChI is InChI=1S/C14H18O4/c1-18-14(17)12-10-6-9(11(12)13(15)16)7-4-2-3-5-8(7)10/h2-3,7-12H,4-6H2,1H3,(H,15,16)/t7-,8+,9-,10+,11+,12-/m1/s1. The Morgan fingerprint density at radius 1 is 1.06 bits per heavy atom. The molecule has 3 aliphatic rings. The highest BCUT2D eigenvalue weighted by Gasteiger charge is 2.62. The number of methoxy groups -OCH3 is 1. The predicted octanol–water partition coefficient (Wildman–Crippen LogP) is 1.71. The fourth-order valence-corrected chi connectivity index (χ4v) is 4.66. The Bertz CT molecular complexity index is 414. The number of allylic oxidation sites excluding steroid dienone is 2. The van der Waals surface area contributed by atoms with Gasteiger partial charge in [0.15, 0.2) is 0 Å². The lowest BCUT2D eigenvalue weighted by molar-refractivity contribution is -0.161. The first kappa shape index (κ1) is 11.8. The van der Waals surface area contributed by atoms with Gasteiger partial charge in [-0.3, -0.25) is 9.59 Å². The third kappa shape index (κ3) is 1.44. The summed E-state index contributed by atoms with van der Waals surface area (Å²) >= 11 is 0. The second-order valence-corrected chi connectivity index (χ2v) is 5.75. The molecule has 0 radical (unpaired) electrons. The minimum atomic E-state index is -0.828. The summed E-state index contributed by atoms with van der Waals surface area (Å²) in [5.74, 6) is -0.805. The average molecular weight is 250 g/mol. The summed E-state index contributed by atoms with van der Waals surface area (Å²) in [7, 11) is 1.35. The van der Waals surface area contributed by atoms with Crippen molar-refractivity contribution in [2.24, 2.45) is 35.5 Å². The quantitative estimate of drug-likeness (QED) is 0.598. The van der Waals surface area contributed by atoms with E-state index in [0.717, 1.165) is 19.3 Å². The van der Waals surface area contributed by atoms with Crippen LogP contribution in [0.1, 0.15) is 19.3 Å². The van der Waals surface area contributed by atoms with Gasteiger partial charge in [-0.05, 0) is 42.9 Å². The van der Waals surface area contributed by atoms with Crippen molar-refractivity contribution in [1.29, 1.82) is 0 Å². The Balaban J connectivity index is 1.93. The van der Waals surface area contributed by atoms with Gasteiger partial charge >= 0.3 is 11.9 Å². The molecule has 0 aliphatic heterocycles. The molecule has 0 amide bonds. The molecular formula is C14H18O4. The Kier molecular flexibility index (Phi) is 2.68. The maximum absolute atomic E-state index is 11.9. The number of esters is 1. The molecule has 0 unspecified atom stereocenters. The van der Waals surface area contributed by atoms with Crippen molar-refractivity contribution >= 4 is 11.9 Å². The number of hydrogen-bond acceptors (Lipinski definition) is 3. The summed E-state index contributed by atoms with van der Waals surface area (Å²) in [5.41, 5.74) is 0. The van der Waals surface area contributed by atoms with Crippen LogP contribution in [0.5, 0.6) is 0 Å². The van der Waals surface area contributed by atoms with Crippen LogP contribution in [0, 0.1) is 35.5 Å². The highest BCUT2D eigenvalue weighted by atomic mass is 16.5. The van der Waals surface area contributed by atoms with Crippen LogP contribution < -0.4 is 0 Å². The molecule has 2 fully saturated rings. The van der Waals surface area contributed by atoms with E-state index in [4.69, 9.17) is 4.74 Å². The number of carboxylic acid groups (broad SMARTS) is 1. The predicted molar refractivity (Wildman–Crippen MR) is 63.6 cm³/mol. The number of aliphatic carboxylic acids is 1. The minimum Gasteiger partial charge on any atom is -0.481 e. The normalized spacial score (nSPS) is 44.7. The van der Waals surface area contributed by atoms with Gasteiger partial charge in [-0.25, -0.2) is 0 Å². The molecule has 0 saturated heterocycles. The first-order valence-corrected chi connectivity index (χ1v) is 6.60. The van der Waals surface area contributed by atoms with E-state index < -0.39 is 17.8 Å². The van der Waals surface area contributed by atoms with Crippen molar-refractivity contribution in [3.63, 3.8) is 0 Å². The van der Waals surface area contributed by atoms with Gasteiger partial charge in [0, 0.05) is 0 Å². The van der Waals surface area contributed by atoms with E-state index in [1.807, 2.05) is 0 Å². The second kappa shape index (κ2) is 4.11. The van der Waals surface area contributed by atoms with Gasteiger partial charge in [0.25, 0.3) is 0 Å². The van der Waals surface area contributed by atoms with Crippen molar-refractivity contribution in [3.05, 3.63) is 12.2 Å². The lowest BCUT2D eigenvalue weighted by Crippen LogP contribution is -2.43. The van der Waals surface area contributed by atoms with Gasteiger partial charge in [-0.15, -0.1) is 0 Å². The Hall–Kier alpha value is -1.32. The highest BCUT2D eigenvalue weighted by Crippen LogP contribution is 2.61. The molecule has 2 bridgehead atoms. The van der Waals surface area contributed by atoms with E-state index >= 15 is 0 Å². The number of carbonyl (C=O) groups excluding carboxylic acids is 1. The molecule has 0 aromatic carbocycles. The summed E-state index contributed by atoms with van der Waals surface area (Å²) in [6.45, 7) is 0. The SMILES string of the molecule is COC(=O)[C@@H]1[C@H]2C[C@H]([C@@H]3CC=CC[C@@H]32)[C@@H]1C(=O)O. The van der Waals surface area contributed by atoms with Crippen LogP contribution in [-0.4, -0.2) is 24.2 Å². The van der Waals surface area contributed by atoms with Gasteiger partial charge < -0.3 is 9.84 Å². The molecular weight excluding hydrogens is 232 g/mol. The summed E-state index contributed by atoms with van der Waals surface area (Å²) in [6, 6.07) is 0. The molecule has 0 heterocycles. The van der Waals surface area contributed by atoms with Crippen molar-refractivity contribution in [2.75, 3.05) is 7.11 Å². The number of rotatable bonds is 2. The summed E-state index contributed by atoms with van der Waals surface area (Å²) in [4.78, 5) is 23.4. The molecule has 4 heteroatoms. The number of hydrogen-bond donors (Lipinski definition) is 1. The molecule has 0 aromatic rings. The van der Waals surface area contributed by atoms with Gasteiger partial charge in [0.1, 0.15) is 0 Å². The van der Waals surface area contributed by atoms with Crippen molar-refractivity contribution in [3.8, 4) is 0 Å². The van der Waals surface area contributed by atoms with Gasteiger partial charge in [-0.2, -0.15) is 0 Å². The Morgan fingerprint density at radius 3 is 2.11 bits per heavy atom. The van der Waals surface area contributed by atoms with Crippen molar-refractivity contribution < 1.29 is 19.4 Å². The van der Waals surface area contributed by atoms with Crippen LogP contribution in [0.3, 0.4) is 0 Å². The molecule has 2 saturated carbocycles. The van der Waals surface area contributed by atoms with Crippen LogP contribution in [0.25, 0.3) is 0 Å². The lowest BCUT2D eigenvalue weighted by Gasteiger charge is -2.39. The number of ether oxygens (including phenoxy) is 1. The highest BCUT2D eigenvalue weighted by molar-refractivity contribution is 5.83. The Labute approximate surface area is 106 Å². The lowest BCUT2D eigenvalue weighted by atomic mass is 9.65. The van der Waals surface area contributed by atoms with Crippen molar-refractivity contribution in [1.82, 2.24) is 0 Å². The van der Waals surface area contributed by atoms with Crippen LogP contribution >= 0.6 is 0 Å². The number of carboxylic acids is 1. The topological polar surface area (TPSA) is 63.6 Å². The van der Waals surface area contributed by atoms with Gasteiger partial charge in [0.2, 0.25) is 0 Å². The van der Waals surface area contributed by atoms with E-state index in [2.05, 4.69) is 12.2 Å². The average Bonchev–Trinajstić information content (AvgIpc) is 2.94. The zero-order chi connectivity index (χ0) is 12.9. The molecule has 0 spiro atoms. The van der Waals surface area contributed by atoms with E-state index in [1.54, 1.807) is 0 Å². The maximum atomic E-state index is 11.9. The number of carbonyl (C=O) groups is 2. The Morgan fingerprint density at radius 2 is 1.61 bits per heavy atom. The first-order chi connectivity index (χ1) is 8.65. The van der Waals surface area contributed by atoms with Crippen LogP contribution in [0.4, 0.5) is 0 Å². The van der Waals surface area contributed by atoms with Gasteiger partial charge in [0.05, 0.1) is 18.9 Å². The van der Waals surface area contributed by atoms with E-state index in [1.165, 1.54) is 7.11 Å². The first-order valence-electron chi connectivity index (χ1n) is 6.60. The fraction of sp³-hybridized carbons (Fsp3) is 0.714.